The first-order valence-corrected chi connectivity index (χ1v) is 4.25. The van der Waals surface area contributed by atoms with Crippen LogP contribution in [0.15, 0.2) is 0 Å². The summed E-state index contributed by atoms with van der Waals surface area (Å²) in [5, 5.41) is 6.61. The van der Waals surface area contributed by atoms with E-state index in [1.54, 1.807) is 0 Å². The predicted octanol–water partition coefficient (Wildman–Crippen LogP) is 0.605. The van der Waals surface area contributed by atoms with Crippen LogP contribution in [-0.2, 0) is 4.74 Å². The molecule has 0 unspecified atom stereocenters. The number of nitrogens with zero attached hydrogens (tertiary/aromatic N) is 1. The van der Waals surface area contributed by atoms with E-state index in [0.717, 1.165) is 0 Å². The van der Waals surface area contributed by atoms with Crippen molar-refractivity contribution in [2.24, 2.45) is 5.84 Å². The molecule has 0 radical (unpaired) electrons. The third kappa shape index (κ3) is 1.69. The smallest absolute Gasteiger partial charge is 0.343 e. The summed E-state index contributed by atoms with van der Waals surface area (Å²) in [5.74, 6) is 5.23. The number of nitrogen functional groups attached to an aromatic ring is 1. The Morgan fingerprint density at radius 2 is 2.29 bits per heavy atom. The molecule has 0 saturated carbocycles. The largest absolute Gasteiger partial charge is 0.465 e. The fourth-order valence-electron chi connectivity index (χ4n) is 1.19. The van der Waals surface area contributed by atoms with Crippen molar-refractivity contribution in [1.82, 2.24) is 10.2 Å². The van der Waals surface area contributed by atoms with Gasteiger partial charge in [0.2, 0.25) is 0 Å². The quantitative estimate of drug-likeness (QED) is 0.376. The zero-order valence-electron chi connectivity index (χ0n) is 8.42. The lowest BCUT2D eigenvalue weighted by molar-refractivity contribution is 0.0600. The Kier molecular flexibility index (Phi) is 3.08. The van der Waals surface area contributed by atoms with Crippen LogP contribution in [-0.4, -0.2) is 23.3 Å². The van der Waals surface area contributed by atoms with Gasteiger partial charge in [0.25, 0.3) is 0 Å². The van der Waals surface area contributed by atoms with Crippen molar-refractivity contribution in [3.8, 4) is 0 Å². The molecule has 0 amide bonds. The Morgan fingerprint density at radius 3 is 2.71 bits per heavy atom. The van der Waals surface area contributed by atoms with Crippen molar-refractivity contribution in [1.29, 1.82) is 0 Å². The Morgan fingerprint density at radius 1 is 1.64 bits per heavy atom. The molecule has 6 heteroatoms. The molecule has 1 aromatic rings. The molecule has 1 rings (SSSR count). The molecule has 14 heavy (non-hydrogen) atoms. The van der Waals surface area contributed by atoms with Crippen molar-refractivity contribution in [2.45, 2.75) is 19.8 Å². The summed E-state index contributed by atoms with van der Waals surface area (Å²) in [5.41, 5.74) is 3.42. The molecule has 0 aliphatic carbocycles. The van der Waals surface area contributed by atoms with Crippen molar-refractivity contribution in [3.63, 3.8) is 0 Å². The number of aromatic nitrogens is 2. The van der Waals surface area contributed by atoms with Gasteiger partial charge < -0.3 is 10.2 Å². The van der Waals surface area contributed by atoms with Crippen molar-refractivity contribution >= 4 is 11.8 Å². The third-order valence-corrected chi connectivity index (χ3v) is 1.90. The summed E-state index contributed by atoms with van der Waals surface area (Å²) >= 11 is 0. The van der Waals surface area contributed by atoms with Gasteiger partial charge in [-0.15, -0.1) is 0 Å². The number of hydrogen-bond donors (Lipinski definition) is 3. The minimum absolute atomic E-state index is 0.152. The van der Waals surface area contributed by atoms with E-state index in [2.05, 4.69) is 20.4 Å². The van der Waals surface area contributed by atoms with Crippen LogP contribution in [0.1, 0.15) is 35.8 Å². The van der Waals surface area contributed by atoms with Gasteiger partial charge in [0.1, 0.15) is 5.56 Å². The highest BCUT2D eigenvalue weighted by Crippen LogP contribution is 2.23. The summed E-state index contributed by atoms with van der Waals surface area (Å²) in [4.78, 5) is 11.4. The third-order valence-electron chi connectivity index (χ3n) is 1.90. The maximum absolute atomic E-state index is 11.4. The van der Waals surface area contributed by atoms with E-state index in [9.17, 15) is 4.79 Å². The van der Waals surface area contributed by atoms with Gasteiger partial charge in [-0.25, -0.2) is 10.6 Å². The maximum Gasteiger partial charge on any atom is 0.343 e. The molecule has 4 N–H and O–H groups in total. The summed E-state index contributed by atoms with van der Waals surface area (Å²) in [6.07, 6.45) is 0. The van der Waals surface area contributed by atoms with Crippen LogP contribution in [0.2, 0.25) is 0 Å². The average Bonchev–Trinajstić information content (AvgIpc) is 2.59. The Labute approximate surface area is 81.8 Å². The van der Waals surface area contributed by atoms with Crippen LogP contribution in [0.5, 0.6) is 0 Å². The Bertz CT molecular complexity index is 332. The van der Waals surface area contributed by atoms with Crippen LogP contribution in [0, 0.1) is 0 Å². The monoisotopic (exact) mass is 198 g/mol. The molecule has 0 saturated heterocycles. The number of ether oxygens (including phenoxy) is 1. The van der Waals surface area contributed by atoms with Gasteiger partial charge in [-0.1, -0.05) is 13.8 Å². The second kappa shape index (κ2) is 4.10. The van der Waals surface area contributed by atoms with E-state index in [1.165, 1.54) is 7.11 Å². The molecule has 0 aliphatic heterocycles. The zero-order chi connectivity index (χ0) is 10.7. The van der Waals surface area contributed by atoms with Gasteiger partial charge >= 0.3 is 5.97 Å². The van der Waals surface area contributed by atoms with Gasteiger partial charge in [-0.05, 0) is 5.92 Å². The molecular weight excluding hydrogens is 184 g/mol. The molecule has 0 atom stereocenters. The number of esters is 1. The molecule has 0 aromatic carbocycles. The number of aromatic amines is 1. The minimum atomic E-state index is -0.449. The van der Waals surface area contributed by atoms with Crippen LogP contribution in [0.25, 0.3) is 0 Å². The molecule has 6 nitrogen and oxygen atoms in total. The first-order valence-electron chi connectivity index (χ1n) is 4.25. The van der Waals surface area contributed by atoms with E-state index >= 15 is 0 Å². The highest BCUT2D eigenvalue weighted by atomic mass is 16.5. The minimum Gasteiger partial charge on any atom is -0.465 e. The van der Waals surface area contributed by atoms with Crippen LogP contribution in [0.3, 0.4) is 0 Å². The van der Waals surface area contributed by atoms with Crippen LogP contribution in [0.4, 0.5) is 5.82 Å². The number of carbonyl (C=O) groups excluding carboxylic acids is 1. The van der Waals surface area contributed by atoms with Gasteiger partial charge in [0, 0.05) is 0 Å². The number of methoxy groups -OCH3 is 1. The molecule has 78 valence electrons. The SMILES string of the molecule is COC(=O)c1c(NN)n[nH]c1C(C)C. The number of H-pyrrole nitrogens is 1. The Balaban J connectivity index is 3.19. The number of nitrogens with two attached hydrogens (primary N) is 1. The van der Waals surface area contributed by atoms with E-state index < -0.39 is 5.97 Å². The van der Waals surface area contributed by atoms with Crippen molar-refractivity contribution < 1.29 is 9.53 Å². The number of hydrogen-bond acceptors (Lipinski definition) is 5. The number of carbonyl (C=O) groups is 1. The molecule has 0 aliphatic rings. The number of rotatable bonds is 3. The summed E-state index contributed by atoms with van der Waals surface area (Å²) < 4.78 is 4.63. The second-order valence-electron chi connectivity index (χ2n) is 3.15. The number of hydrazine groups is 1. The zero-order valence-corrected chi connectivity index (χ0v) is 8.42. The summed E-state index contributed by atoms with van der Waals surface area (Å²) in [6, 6.07) is 0. The highest BCUT2D eigenvalue weighted by Gasteiger charge is 2.22. The van der Waals surface area contributed by atoms with Gasteiger partial charge in [0.15, 0.2) is 5.82 Å². The number of nitrogens with one attached hydrogen (secondary N) is 2. The van der Waals surface area contributed by atoms with Crippen molar-refractivity contribution in [3.05, 3.63) is 11.3 Å². The molecular formula is C8H14N4O2. The van der Waals surface area contributed by atoms with Gasteiger partial charge in [0.05, 0.1) is 12.8 Å². The van der Waals surface area contributed by atoms with E-state index in [-0.39, 0.29) is 5.92 Å². The fourth-order valence-corrected chi connectivity index (χ4v) is 1.19. The van der Waals surface area contributed by atoms with E-state index in [1.807, 2.05) is 13.8 Å². The van der Waals surface area contributed by atoms with Gasteiger partial charge in [-0.3, -0.25) is 5.10 Å². The topological polar surface area (TPSA) is 93.0 Å². The maximum atomic E-state index is 11.4. The molecule has 0 bridgehead atoms. The standard InChI is InChI=1S/C8H14N4O2/c1-4(2)6-5(8(13)14-3)7(10-9)12-11-6/h4H,9H2,1-3H3,(H2,10,11,12). The van der Waals surface area contributed by atoms with E-state index in [0.29, 0.717) is 17.1 Å². The lowest BCUT2D eigenvalue weighted by Gasteiger charge is -2.05. The normalized spacial score (nSPS) is 10.4. The lowest BCUT2D eigenvalue weighted by Crippen LogP contribution is -2.13. The lowest BCUT2D eigenvalue weighted by atomic mass is 10.1. The second-order valence-corrected chi connectivity index (χ2v) is 3.15. The van der Waals surface area contributed by atoms with Gasteiger partial charge in [-0.2, -0.15) is 5.10 Å². The summed E-state index contributed by atoms with van der Waals surface area (Å²) in [6.45, 7) is 3.89. The first kappa shape index (κ1) is 10.5. The fraction of sp³-hybridized carbons (Fsp3) is 0.500. The molecule has 0 spiro atoms. The van der Waals surface area contributed by atoms with Crippen molar-refractivity contribution in [2.75, 3.05) is 12.5 Å². The van der Waals surface area contributed by atoms with E-state index in [4.69, 9.17) is 5.84 Å². The average molecular weight is 198 g/mol. The molecule has 1 aromatic heterocycles. The molecule has 0 fully saturated rings. The van der Waals surface area contributed by atoms with Crippen LogP contribution >= 0.6 is 0 Å². The highest BCUT2D eigenvalue weighted by molar-refractivity contribution is 5.96. The predicted molar refractivity (Wildman–Crippen MR) is 51.8 cm³/mol. The molecule has 1 heterocycles. The summed E-state index contributed by atoms with van der Waals surface area (Å²) in [7, 11) is 1.32. The number of anilines is 1. The Hall–Kier alpha value is -1.56. The first-order chi connectivity index (χ1) is 6.61. The van der Waals surface area contributed by atoms with Crippen LogP contribution < -0.4 is 11.3 Å².